The number of imide groups is 1. The first-order valence-corrected chi connectivity index (χ1v) is 7.73. The molecule has 20 heavy (non-hydrogen) atoms. The van der Waals surface area contributed by atoms with Gasteiger partial charge in [-0.05, 0) is 6.92 Å². The van der Waals surface area contributed by atoms with Gasteiger partial charge in [0.05, 0.1) is 24.0 Å². The molecule has 2 unspecified atom stereocenters. The van der Waals surface area contributed by atoms with Gasteiger partial charge in [-0.3, -0.25) is 19.8 Å². The van der Waals surface area contributed by atoms with Crippen LogP contribution in [0.25, 0.3) is 0 Å². The van der Waals surface area contributed by atoms with Crippen molar-refractivity contribution < 1.29 is 27.9 Å². The number of carboxylic acids is 1. The van der Waals surface area contributed by atoms with Crippen molar-refractivity contribution in [3.8, 4) is 0 Å². The number of sulfone groups is 1. The zero-order valence-corrected chi connectivity index (χ0v) is 11.7. The smallest absolute Gasteiger partial charge is 0.318 e. The number of hydrogen-bond donors (Lipinski definition) is 3. The van der Waals surface area contributed by atoms with Gasteiger partial charge in [0.1, 0.15) is 0 Å². The molecule has 4 N–H and O–H groups in total. The highest BCUT2D eigenvalue weighted by Crippen LogP contribution is 2.18. The van der Waals surface area contributed by atoms with Crippen LogP contribution in [0.5, 0.6) is 0 Å². The Bertz CT molecular complexity index is 517. The van der Waals surface area contributed by atoms with Crippen molar-refractivity contribution in [1.82, 2.24) is 10.2 Å². The fraction of sp³-hybridized carbons (Fsp3) is 0.700. The van der Waals surface area contributed by atoms with Crippen molar-refractivity contribution in [2.24, 2.45) is 5.73 Å². The number of amides is 3. The minimum Gasteiger partial charge on any atom is -0.481 e. The van der Waals surface area contributed by atoms with Crippen LogP contribution < -0.4 is 11.1 Å². The van der Waals surface area contributed by atoms with Crippen LogP contribution >= 0.6 is 0 Å². The Kier molecular flexibility index (Phi) is 5.06. The molecular weight excluding hydrogens is 290 g/mol. The van der Waals surface area contributed by atoms with Crippen molar-refractivity contribution in [3.05, 3.63) is 0 Å². The van der Waals surface area contributed by atoms with E-state index in [1.54, 1.807) is 0 Å². The summed E-state index contributed by atoms with van der Waals surface area (Å²) in [5.41, 5.74) is 4.84. The lowest BCUT2D eigenvalue weighted by Gasteiger charge is -2.37. The van der Waals surface area contributed by atoms with Crippen molar-refractivity contribution in [2.45, 2.75) is 25.4 Å². The maximum Gasteiger partial charge on any atom is 0.318 e. The topological polar surface area (TPSA) is 147 Å². The minimum absolute atomic E-state index is 0.0353. The number of primary amides is 1. The first-order valence-electron chi connectivity index (χ1n) is 5.90. The number of carbonyl (C=O) groups is 3. The Balaban J connectivity index is 2.86. The van der Waals surface area contributed by atoms with Crippen LogP contribution in [0, 0.1) is 0 Å². The number of nitrogens with one attached hydrogen (secondary N) is 1. The molecule has 0 aromatic carbocycles. The molecule has 0 radical (unpaired) electrons. The monoisotopic (exact) mass is 307 g/mol. The second kappa shape index (κ2) is 6.18. The lowest BCUT2D eigenvalue weighted by atomic mass is 10.1. The zero-order valence-electron chi connectivity index (χ0n) is 10.9. The Hall–Kier alpha value is -1.68. The van der Waals surface area contributed by atoms with Crippen LogP contribution in [0.15, 0.2) is 0 Å². The van der Waals surface area contributed by atoms with E-state index in [1.807, 2.05) is 5.32 Å². The van der Waals surface area contributed by atoms with Crippen LogP contribution in [0.4, 0.5) is 4.79 Å². The SMILES string of the molecule is CC(C(=O)NC(N)=O)N1CCS(=O)(=O)CC1CC(=O)O. The molecule has 10 heteroatoms. The summed E-state index contributed by atoms with van der Waals surface area (Å²) in [5, 5.41) is 10.7. The van der Waals surface area contributed by atoms with Crippen LogP contribution in [-0.4, -0.2) is 66.5 Å². The summed E-state index contributed by atoms with van der Waals surface area (Å²) in [6.45, 7) is 1.50. The summed E-state index contributed by atoms with van der Waals surface area (Å²) in [6.07, 6.45) is -0.395. The molecule has 3 amide bonds. The second-order valence-corrected chi connectivity index (χ2v) is 6.86. The van der Waals surface area contributed by atoms with Crippen molar-refractivity contribution in [3.63, 3.8) is 0 Å². The lowest BCUT2D eigenvalue weighted by molar-refractivity contribution is -0.139. The van der Waals surface area contributed by atoms with Gasteiger partial charge >= 0.3 is 12.0 Å². The van der Waals surface area contributed by atoms with E-state index >= 15 is 0 Å². The normalized spacial score (nSPS) is 23.8. The van der Waals surface area contributed by atoms with Gasteiger partial charge in [-0.15, -0.1) is 0 Å². The van der Waals surface area contributed by atoms with E-state index in [-0.39, 0.29) is 18.1 Å². The molecule has 1 heterocycles. The number of hydrogen-bond acceptors (Lipinski definition) is 6. The molecule has 9 nitrogen and oxygen atoms in total. The van der Waals surface area contributed by atoms with Gasteiger partial charge in [-0.25, -0.2) is 13.2 Å². The molecule has 2 atom stereocenters. The quantitative estimate of drug-likeness (QED) is 0.552. The summed E-state index contributed by atoms with van der Waals surface area (Å²) in [5.74, 6) is -2.32. The highest BCUT2D eigenvalue weighted by Gasteiger charge is 2.37. The highest BCUT2D eigenvalue weighted by atomic mass is 32.2. The lowest BCUT2D eigenvalue weighted by Crippen LogP contribution is -2.57. The molecular formula is C10H17N3O6S. The molecule has 1 aliphatic heterocycles. The zero-order chi connectivity index (χ0) is 15.5. The molecule has 0 aromatic rings. The van der Waals surface area contributed by atoms with E-state index in [0.29, 0.717) is 0 Å². The van der Waals surface area contributed by atoms with Gasteiger partial charge in [0, 0.05) is 12.6 Å². The summed E-state index contributed by atoms with van der Waals surface area (Å²) >= 11 is 0. The Morgan fingerprint density at radius 1 is 1.45 bits per heavy atom. The maximum absolute atomic E-state index is 11.7. The average molecular weight is 307 g/mol. The van der Waals surface area contributed by atoms with Crippen molar-refractivity contribution in [2.75, 3.05) is 18.1 Å². The van der Waals surface area contributed by atoms with Crippen molar-refractivity contribution >= 4 is 27.7 Å². The Labute approximate surface area is 116 Å². The van der Waals surface area contributed by atoms with Crippen LogP contribution in [-0.2, 0) is 19.4 Å². The minimum atomic E-state index is -3.32. The van der Waals surface area contributed by atoms with Gasteiger partial charge in [0.2, 0.25) is 5.91 Å². The average Bonchev–Trinajstić information content (AvgIpc) is 2.25. The molecule has 0 aliphatic carbocycles. The number of rotatable bonds is 4. The first kappa shape index (κ1) is 16.4. The predicted molar refractivity (Wildman–Crippen MR) is 68.6 cm³/mol. The van der Waals surface area contributed by atoms with E-state index in [0.717, 1.165) is 0 Å². The molecule has 114 valence electrons. The molecule has 1 aliphatic rings. The van der Waals surface area contributed by atoms with Crippen LogP contribution in [0.1, 0.15) is 13.3 Å². The third-order valence-corrected chi connectivity index (χ3v) is 4.81. The van der Waals surface area contributed by atoms with Gasteiger partial charge in [-0.2, -0.15) is 0 Å². The van der Waals surface area contributed by atoms with Crippen LogP contribution in [0.2, 0.25) is 0 Å². The van der Waals surface area contributed by atoms with E-state index < -0.39 is 46.2 Å². The number of carboxylic acid groups (broad SMARTS) is 1. The summed E-state index contributed by atoms with van der Waals surface area (Å²) in [7, 11) is -3.32. The standard InChI is InChI=1S/C10H17N3O6S/c1-6(9(16)12-10(11)17)13-2-3-20(18,19)5-7(13)4-8(14)15/h6-7H,2-5H2,1H3,(H,14,15)(H3,11,12,16,17). The third-order valence-electron chi connectivity index (χ3n) is 3.11. The molecule has 0 saturated carbocycles. The first-order chi connectivity index (χ1) is 9.12. The second-order valence-electron chi connectivity index (χ2n) is 4.63. The molecule has 0 spiro atoms. The number of nitrogens with two attached hydrogens (primary N) is 1. The molecule has 1 rings (SSSR count). The van der Waals surface area contributed by atoms with Crippen molar-refractivity contribution in [1.29, 1.82) is 0 Å². The highest BCUT2D eigenvalue weighted by molar-refractivity contribution is 7.91. The van der Waals surface area contributed by atoms with Gasteiger partial charge in [0.15, 0.2) is 9.84 Å². The molecule has 0 bridgehead atoms. The van der Waals surface area contributed by atoms with Gasteiger partial charge < -0.3 is 10.8 Å². The van der Waals surface area contributed by atoms with E-state index in [9.17, 15) is 22.8 Å². The molecule has 0 aromatic heterocycles. The molecule has 1 fully saturated rings. The number of urea groups is 1. The van der Waals surface area contributed by atoms with Gasteiger partial charge in [-0.1, -0.05) is 0 Å². The van der Waals surface area contributed by atoms with E-state index in [2.05, 4.69) is 0 Å². The van der Waals surface area contributed by atoms with E-state index in [4.69, 9.17) is 10.8 Å². The van der Waals surface area contributed by atoms with E-state index in [1.165, 1.54) is 11.8 Å². The summed E-state index contributed by atoms with van der Waals surface area (Å²) < 4.78 is 23.1. The Morgan fingerprint density at radius 2 is 2.05 bits per heavy atom. The molecule has 1 saturated heterocycles. The maximum atomic E-state index is 11.7. The fourth-order valence-electron chi connectivity index (χ4n) is 2.16. The largest absolute Gasteiger partial charge is 0.481 e. The van der Waals surface area contributed by atoms with Gasteiger partial charge in [0.25, 0.3) is 0 Å². The summed E-state index contributed by atoms with van der Waals surface area (Å²) in [6, 6.07) is -2.66. The van der Waals surface area contributed by atoms with Crippen LogP contribution in [0.3, 0.4) is 0 Å². The number of nitrogens with zero attached hydrogens (tertiary/aromatic N) is 1. The third kappa shape index (κ3) is 4.46. The Morgan fingerprint density at radius 3 is 2.55 bits per heavy atom. The summed E-state index contributed by atoms with van der Waals surface area (Å²) in [4.78, 5) is 34.6. The number of aliphatic carboxylic acids is 1. The number of carbonyl (C=O) groups excluding carboxylic acids is 2. The predicted octanol–water partition coefficient (Wildman–Crippen LogP) is -1.86. The fourth-order valence-corrected chi connectivity index (χ4v) is 3.71.